The molecule has 0 saturated carbocycles. The van der Waals surface area contributed by atoms with Gasteiger partial charge < -0.3 is 10.3 Å². The number of aryl methyl sites for hydroxylation is 1. The van der Waals surface area contributed by atoms with Gasteiger partial charge >= 0.3 is 0 Å². The Morgan fingerprint density at radius 2 is 1.83 bits per heavy atom. The standard InChI is InChI=1S/C20H25N3/c1-4-6-19-22-20-17(21)7-5-8-18(20)23(19)13-15-9-11-16(12-10-15)14(2)3/h5,7-12,14H,4,6,13,21H2,1-3H3. The molecule has 0 fully saturated rings. The number of hydrogen-bond donors (Lipinski definition) is 1. The van der Waals surface area contributed by atoms with Crippen LogP contribution in [0.3, 0.4) is 0 Å². The summed E-state index contributed by atoms with van der Waals surface area (Å²) in [4.78, 5) is 4.78. The zero-order valence-corrected chi connectivity index (χ0v) is 14.2. The monoisotopic (exact) mass is 307 g/mol. The fraction of sp³-hybridized carbons (Fsp3) is 0.350. The van der Waals surface area contributed by atoms with Gasteiger partial charge in [0.1, 0.15) is 11.3 Å². The molecule has 0 amide bonds. The third-order valence-electron chi connectivity index (χ3n) is 4.35. The highest BCUT2D eigenvalue weighted by Gasteiger charge is 2.12. The van der Waals surface area contributed by atoms with Gasteiger partial charge in [0.15, 0.2) is 0 Å². The van der Waals surface area contributed by atoms with Crippen LogP contribution in [0.1, 0.15) is 50.1 Å². The number of rotatable bonds is 5. The van der Waals surface area contributed by atoms with Crippen LogP contribution in [0.5, 0.6) is 0 Å². The SMILES string of the molecule is CCCc1nc2c(N)cccc2n1Cc1ccc(C(C)C)cc1. The van der Waals surface area contributed by atoms with Crippen molar-refractivity contribution in [3.05, 3.63) is 59.4 Å². The van der Waals surface area contributed by atoms with Crippen molar-refractivity contribution in [2.24, 2.45) is 0 Å². The summed E-state index contributed by atoms with van der Waals surface area (Å²) in [7, 11) is 0. The van der Waals surface area contributed by atoms with Crippen molar-refractivity contribution in [2.75, 3.05) is 5.73 Å². The Morgan fingerprint density at radius 3 is 2.48 bits per heavy atom. The summed E-state index contributed by atoms with van der Waals surface area (Å²) in [5, 5.41) is 0. The first-order valence-corrected chi connectivity index (χ1v) is 8.42. The molecule has 3 nitrogen and oxygen atoms in total. The third kappa shape index (κ3) is 3.09. The van der Waals surface area contributed by atoms with Crippen LogP contribution in [-0.4, -0.2) is 9.55 Å². The lowest BCUT2D eigenvalue weighted by molar-refractivity contribution is 0.721. The molecule has 1 aromatic heterocycles. The predicted octanol–water partition coefficient (Wildman–Crippen LogP) is 4.74. The van der Waals surface area contributed by atoms with E-state index in [1.54, 1.807) is 0 Å². The van der Waals surface area contributed by atoms with Crippen LogP contribution in [0, 0.1) is 0 Å². The van der Waals surface area contributed by atoms with E-state index in [-0.39, 0.29) is 0 Å². The van der Waals surface area contributed by atoms with Crippen molar-refractivity contribution in [2.45, 2.75) is 46.1 Å². The van der Waals surface area contributed by atoms with Gasteiger partial charge in [0, 0.05) is 13.0 Å². The molecule has 0 bridgehead atoms. The van der Waals surface area contributed by atoms with Crippen LogP contribution in [0.25, 0.3) is 11.0 Å². The van der Waals surface area contributed by atoms with E-state index in [1.807, 2.05) is 12.1 Å². The van der Waals surface area contributed by atoms with Crippen LogP contribution in [-0.2, 0) is 13.0 Å². The first-order valence-electron chi connectivity index (χ1n) is 8.42. The molecule has 0 radical (unpaired) electrons. The second kappa shape index (κ2) is 6.45. The van der Waals surface area contributed by atoms with Crippen molar-refractivity contribution in [3.63, 3.8) is 0 Å². The van der Waals surface area contributed by atoms with Crippen molar-refractivity contribution < 1.29 is 0 Å². The number of anilines is 1. The third-order valence-corrected chi connectivity index (χ3v) is 4.35. The number of hydrogen-bond acceptors (Lipinski definition) is 2. The van der Waals surface area contributed by atoms with Crippen LogP contribution in [0.15, 0.2) is 42.5 Å². The van der Waals surface area contributed by atoms with Gasteiger partial charge in [-0.05, 0) is 35.6 Å². The lowest BCUT2D eigenvalue weighted by Gasteiger charge is -2.11. The molecule has 2 aromatic carbocycles. The van der Waals surface area contributed by atoms with Gasteiger partial charge in [-0.3, -0.25) is 0 Å². The predicted molar refractivity (Wildman–Crippen MR) is 97.8 cm³/mol. The summed E-state index contributed by atoms with van der Waals surface area (Å²) in [6, 6.07) is 15.0. The minimum atomic E-state index is 0.563. The normalized spacial score (nSPS) is 11.5. The van der Waals surface area contributed by atoms with Gasteiger partial charge in [0.05, 0.1) is 11.2 Å². The summed E-state index contributed by atoms with van der Waals surface area (Å²) < 4.78 is 2.31. The van der Waals surface area contributed by atoms with Gasteiger partial charge in [-0.25, -0.2) is 4.98 Å². The minimum Gasteiger partial charge on any atom is -0.397 e. The van der Waals surface area contributed by atoms with E-state index in [4.69, 9.17) is 10.7 Å². The van der Waals surface area contributed by atoms with Crippen LogP contribution < -0.4 is 5.73 Å². The molecule has 0 aliphatic heterocycles. The van der Waals surface area contributed by atoms with Crippen molar-refractivity contribution in [1.29, 1.82) is 0 Å². The number of para-hydroxylation sites is 1. The number of benzene rings is 2. The maximum Gasteiger partial charge on any atom is 0.112 e. The Labute approximate surface area is 138 Å². The molecule has 3 rings (SSSR count). The molecular weight excluding hydrogens is 282 g/mol. The molecule has 0 atom stereocenters. The number of nitrogens with two attached hydrogens (primary N) is 1. The molecule has 2 N–H and O–H groups in total. The number of nitrogen functional groups attached to an aromatic ring is 1. The largest absolute Gasteiger partial charge is 0.397 e. The molecular formula is C20H25N3. The fourth-order valence-electron chi connectivity index (χ4n) is 3.00. The maximum absolute atomic E-state index is 6.11. The van der Waals surface area contributed by atoms with Gasteiger partial charge in [-0.1, -0.05) is 51.1 Å². The van der Waals surface area contributed by atoms with Crippen LogP contribution in [0.2, 0.25) is 0 Å². The molecule has 1 heterocycles. The summed E-state index contributed by atoms with van der Waals surface area (Å²) in [6.07, 6.45) is 2.05. The highest BCUT2D eigenvalue weighted by Crippen LogP contribution is 2.24. The Bertz CT molecular complexity index is 798. The maximum atomic E-state index is 6.11. The summed E-state index contributed by atoms with van der Waals surface area (Å²) in [5.74, 6) is 1.68. The van der Waals surface area contributed by atoms with E-state index in [1.165, 1.54) is 11.1 Å². The van der Waals surface area contributed by atoms with E-state index < -0.39 is 0 Å². The highest BCUT2D eigenvalue weighted by molar-refractivity contribution is 5.87. The first-order chi connectivity index (χ1) is 11.1. The Balaban J connectivity index is 2.01. The topological polar surface area (TPSA) is 43.8 Å². The second-order valence-electron chi connectivity index (χ2n) is 6.48. The van der Waals surface area contributed by atoms with Gasteiger partial charge in [-0.2, -0.15) is 0 Å². The average molecular weight is 307 g/mol. The first kappa shape index (κ1) is 15.6. The molecule has 3 aromatic rings. The van der Waals surface area contributed by atoms with Crippen LogP contribution >= 0.6 is 0 Å². The molecule has 0 aliphatic rings. The second-order valence-corrected chi connectivity index (χ2v) is 6.48. The summed E-state index contributed by atoms with van der Waals surface area (Å²) >= 11 is 0. The fourth-order valence-corrected chi connectivity index (χ4v) is 3.00. The average Bonchev–Trinajstić information content (AvgIpc) is 2.88. The van der Waals surface area contributed by atoms with Gasteiger partial charge in [0.2, 0.25) is 0 Å². The highest BCUT2D eigenvalue weighted by atomic mass is 15.1. The number of fused-ring (bicyclic) bond motifs is 1. The molecule has 120 valence electrons. The van der Waals surface area contributed by atoms with E-state index in [2.05, 4.69) is 55.7 Å². The number of aromatic nitrogens is 2. The lowest BCUT2D eigenvalue weighted by atomic mass is 10.0. The Kier molecular flexibility index (Phi) is 4.37. The Hall–Kier alpha value is -2.29. The van der Waals surface area contributed by atoms with Gasteiger partial charge in [-0.15, -0.1) is 0 Å². The summed E-state index contributed by atoms with van der Waals surface area (Å²) in [5.41, 5.74) is 11.6. The molecule has 3 heteroatoms. The number of imidazole rings is 1. The zero-order chi connectivity index (χ0) is 16.4. The molecule has 0 unspecified atom stereocenters. The quantitative estimate of drug-likeness (QED) is 0.692. The number of nitrogens with zero attached hydrogens (tertiary/aromatic N) is 2. The zero-order valence-electron chi connectivity index (χ0n) is 14.2. The van der Waals surface area contributed by atoms with E-state index >= 15 is 0 Å². The lowest BCUT2D eigenvalue weighted by Crippen LogP contribution is -2.05. The van der Waals surface area contributed by atoms with Crippen molar-refractivity contribution in [3.8, 4) is 0 Å². The van der Waals surface area contributed by atoms with Crippen molar-refractivity contribution >= 4 is 16.7 Å². The van der Waals surface area contributed by atoms with E-state index in [9.17, 15) is 0 Å². The van der Waals surface area contributed by atoms with Gasteiger partial charge in [0.25, 0.3) is 0 Å². The van der Waals surface area contributed by atoms with Crippen molar-refractivity contribution in [1.82, 2.24) is 9.55 Å². The van der Waals surface area contributed by atoms with E-state index in [0.717, 1.165) is 41.9 Å². The minimum absolute atomic E-state index is 0.563. The Morgan fingerprint density at radius 1 is 1.09 bits per heavy atom. The molecule has 0 aliphatic carbocycles. The molecule has 23 heavy (non-hydrogen) atoms. The smallest absolute Gasteiger partial charge is 0.112 e. The molecule has 0 saturated heterocycles. The van der Waals surface area contributed by atoms with Crippen LogP contribution in [0.4, 0.5) is 5.69 Å². The molecule has 0 spiro atoms. The summed E-state index contributed by atoms with van der Waals surface area (Å²) in [6.45, 7) is 7.47. The van der Waals surface area contributed by atoms with E-state index in [0.29, 0.717) is 5.92 Å².